The van der Waals surface area contributed by atoms with Crippen molar-refractivity contribution in [2.75, 3.05) is 18.1 Å². The first-order valence-corrected chi connectivity index (χ1v) is 6.74. The van der Waals surface area contributed by atoms with Crippen LogP contribution in [0.5, 0.6) is 0 Å². The Hall–Kier alpha value is -1.75. The molecule has 20 heavy (non-hydrogen) atoms. The summed E-state index contributed by atoms with van der Waals surface area (Å²) in [4.78, 5) is 13.1. The number of thioether (sulfide) groups is 1. The van der Waals surface area contributed by atoms with E-state index in [-0.39, 0.29) is 6.54 Å². The Balaban J connectivity index is 2.41. The Kier molecular flexibility index (Phi) is 4.18. The van der Waals surface area contributed by atoms with Crippen molar-refractivity contribution >= 4 is 17.7 Å². The molecule has 0 saturated carbocycles. The quantitative estimate of drug-likeness (QED) is 0.454. The van der Waals surface area contributed by atoms with E-state index < -0.39 is 40.8 Å². The molecular weight excluding hydrogens is 296 g/mol. The van der Waals surface area contributed by atoms with Crippen molar-refractivity contribution in [3.05, 3.63) is 34.9 Å². The van der Waals surface area contributed by atoms with Gasteiger partial charge < -0.3 is 4.90 Å². The van der Waals surface area contributed by atoms with Gasteiger partial charge in [0.25, 0.3) is 5.91 Å². The summed E-state index contributed by atoms with van der Waals surface area (Å²) in [6.45, 7) is 0.155. The molecule has 0 bridgehead atoms. The van der Waals surface area contributed by atoms with Gasteiger partial charge in [0.1, 0.15) is 6.04 Å². The summed E-state index contributed by atoms with van der Waals surface area (Å²) in [7, 11) is 0. The van der Waals surface area contributed by atoms with Crippen molar-refractivity contribution in [3.8, 4) is 6.07 Å². The minimum Gasteiger partial charge on any atom is -0.321 e. The van der Waals surface area contributed by atoms with Crippen molar-refractivity contribution in [2.24, 2.45) is 0 Å². The average Bonchev–Trinajstić information content (AvgIpc) is 2.48. The van der Waals surface area contributed by atoms with Gasteiger partial charge in [-0.1, -0.05) is 0 Å². The Labute approximate surface area is 116 Å². The minimum absolute atomic E-state index is 0.155. The topological polar surface area (TPSA) is 44.1 Å². The summed E-state index contributed by atoms with van der Waals surface area (Å²) < 4.78 is 52.6. The molecule has 3 nitrogen and oxygen atoms in total. The molecule has 1 aliphatic rings. The van der Waals surface area contributed by atoms with Gasteiger partial charge in [-0.3, -0.25) is 4.79 Å². The Morgan fingerprint density at radius 2 is 2.00 bits per heavy atom. The first kappa shape index (κ1) is 14.7. The van der Waals surface area contributed by atoms with Gasteiger partial charge in [-0.25, -0.2) is 17.6 Å². The zero-order valence-corrected chi connectivity index (χ0v) is 10.8. The van der Waals surface area contributed by atoms with Crippen molar-refractivity contribution in [1.29, 1.82) is 5.26 Å². The second-order valence-corrected chi connectivity index (χ2v) is 5.22. The molecule has 1 aromatic carbocycles. The van der Waals surface area contributed by atoms with E-state index in [1.807, 2.05) is 6.07 Å². The maximum Gasteiger partial charge on any atom is 0.258 e. The zero-order chi connectivity index (χ0) is 14.9. The molecule has 0 aliphatic carbocycles. The summed E-state index contributed by atoms with van der Waals surface area (Å²) in [6.07, 6.45) is 0. The predicted molar refractivity (Wildman–Crippen MR) is 64.0 cm³/mol. The largest absolute Gasteiger partial charge is 0.321 e. The summed E-state index contributed by atoms with van der Waals surface area (Å²) in [6, 6.07) is 1.37. The van der Waals surface area contributed by atoms with Gasteiger partial charge in [0.15, 0.2) is 23.3 Å². The molecule has 1 unspecified atom stereocenters. The molecule has 0 radical (unpaired) electrons. The Morgan fingerprint density at radius 3 is 2.65 bits per heavy atom. The first-order chi connectivity index (χ1) is 9.47. The van der Waals surface area contributed by atoms with Gasteiger partial charge in [0.05, 0.1) is 11.6 Å². The van der Waals surface area contributed by atoms with Crippen LogP contribution in [0.2, 0.25) is 0 Å². The van der Waals surface area contributed by atoms with Crippen LogP contribution in [-0.2, 0) is 0 Å². The summed E-state index contributed by atoms with van der Waals surface area (Å²) in [5.74, 6) is -7.56. The van der Waals surface area contributed by atoms with Gasteiger partial charge in [0.2, 0.25) is 0 Å². The maximum atomic E-state index is 13.6. The van der Waals surface area contributed by atoms with Gasteiger partial charge in [-0.05, 0) is 6.07 Å². The van der Waals surface area contributed by atoms with Gasteiger partial charge in [-0.15, -0.1) is 0 Å². The van der Waals surface area contributed by atoms with Crippen LogP contribution < -0.4 is 0 Å². The molecular formula is C12H8F4N2OS. The molecule has 1 fully saturated rings. The Bertz CT molecular complexity index is 602. The van der Waals surface area contributed by atoms with E-state index in [9.17, 15) is 22.4 Å². The van der Waals surface area contributed by atoms with Crippen LogP contribution in [0.25, 0.3) is 0 Å². The van der Waals surface area contributed by atoms with Gasteiger partial charge >= 0.3 is 0 Å². The number of nitrogens with zero attached hydrogens (tertiary/aromatic N) is 2. The summed E-state index contributed by atoms with van der Waals surface area (Å²) in [5, 5.41) is 8.92. The number of carbonyl (C=O) groups is 1. The molecule has 0 N–H and O–H groups in total. The third-order valence-corrected chi connectivity index (χ3v) is 3.89. The smallest absolute Gasteiger partial charge is 0.258 e. The highest BCUT2D eigenvalue weighted by atomic mass is 32.2. The molecule has 1 heterocycles. The normalized spacial score (nSPS) is 18.8. The number of carbonyl (C=O) groups excluding carboxylic acids is 1. The number of hydrogen-bond donors (Lipinski definition) is 0. The van der Waals surface area contributed by atoms with E-state index in [1.54, 1.807) is 0 Å². The third kappa shape index (κ3) is 2.45. The first-order valence-electron chi connectivity index (χ1n) is 5.58. The lowest BCUT2D eigenvalue weighted by Crippen LogP contribution is -2.45. The van der Waals surface area contributed by atoms with Crippen LogP contribution in [0.4, 0.5) is 17.6 Å². The van der Waals surface area contributed by atoms with Gasteiger partial charge in [0, 0.05) is 18.1 Å². The van der Waals surface area contributed by atoms with Crippen molar-refractivity contribution in [2.45, 2.75) is 6.04 Å². The van der Waals surface area contributed by atoms with Crippen molar-refractivity contribution < 1.29 is 22.4 Å². The van der Waals surface area contributed by atoms with E-state index in [0.717, 1.165) is 4.90 Å². The highest BCUT2D eigenvalue weighted by Gasteiger charge is 2.31. The lowest BCUT2D eigenvalue weighted by atomic mass is 10.1. The standard InChI is InChI=1S/C12H8F4N2OS/c13-8-3-7(9(14)11(16)10(8)15)12(19)18-1-2-20-5-6(18)4-17/h3,6H,1-2,5H2. The maximum absolute atomic E-state index is 13.6. The highest BCUT2D eigenvalue weighted by Crippen LogP contribution is 2.23. The second-order valence-electron chi connectivity index (χ2n) is 4.07. The number of benzene rings is 1. The number of hydrogen-bond acceptors (Lipinski definition) is 3. The lowest BCUT2D eigenvalue weighted by Gasteiger charge is -2.31. The molecule has 1 amide bonds. The molecule has 106 valence electrons. The van der Waals surface area contributed by atoms with E-state index >= 15 is 0 Å². The van der Waals surface area contributed by atoms with Crippen molar-refractivity contribution in [3.63, 3.8) is 0 Å². The number of rotatable bonds is 1. The molecule has 2 rings (SSSR count). The van der Waals surface area contributed by atoms with Crippen LogP contribution in [-0.4, -0.2) is 34.9 Å². The molecule has 1 aromatic rings. The van der Waals surface area contributed by atoms with E-state index in [4.69, 9.17) is 5.26 Å². The fourth-order valence-electron chi connectivity index (χ4n) is 1.84. The van der Waals surface area contributed by atoms with Crippen LogP contribution in [0.3, 0.4) is 0 Å². The molecule has 0 spiro atoms. The van der Waals surface area contributed by atoms with Crippen LogP contribution in [0.15, 0.2) is 6.07 Å². The summed E-state index contributed by atoms with van der Waals surface area (Å²) >= 11 is 1.44. The molecule has 8 heteroatoms. The van der Waals surface area contributed by atoms with Gasteiger partial charge in [-0.2, -0.15) is 17.0 Å². The van der Waals surface area contributed by atoms with Crippen molar-refractivity contribution in [1.82, 2.24) is 4.90 Å². The second kappa shape index (κ2) is 5.71. The Morgan fingerprint density at radius 1 is 1.30 bits per heavy atom. The van der Waals surface area contributed by atoms with Crippen LogP contribution in [0.1, 0.15) is 10.4 Å². The third-order valence-electron chi connectivity index (χ3n) is 2.87. The van der Waals surface area contributed by atoms with E-state index in [1.165, 1.54) is 11.8 Å². The average molecular weight is 304 g/mol. The zero-order valence-electron chi connectivity index (χ0n) is 10.00. The van der Waals surface area contributed by atoms with Crippen LogP contribution >= 0.6 is 11.8 Å². The fourth-order valence-corrected chi connectivity index (χ4v) is 2.81. The molecule has 1 aliphatic heterocycles. The summed E-state index contributed by atoms with van der Waals surface area (Å²) in [5.41, 5.74) is -0.909. The highest BCUT2D eigenvalue weighted by molar-refractivity contribution is 7.99. The van der Waals surface area contributed by atoms with E-state index in [2.05, 4.69) is 0 Å². The minimum atomic E-state index is -2.03. The molecule has 1 saturated heterocycles. The predicted octanol–water partition coefficient (Wildman–Crippen LogP) is 2.32. The number of nitriles is 1. The fraction of sp³-hybridized carbons (Fsp3) is 0.333. The molecule has 0 aromatic heterocycles. The van der Waals surface area contributed by atoms with E-state index in [0.29, 0.717) is 17.6 Å². The van der Waals surface area contributed by atoms with Crippen LogP contribution in [0, 0.1) is 34.6 Å². The number of halogens is 4. The SMILES string of the molecule is N#CC1CSCCN1C(=O)c1cc(F)c(F)c(F)c1F. The lowest BCUT2D eigenvalue weighted by molar-refractivity contribution is 0.0730. The monoisotopic (exact) mass is 304 g/mol. The number of amides is 1. The molecule has 1 atom stereocenters.